The van der Waals surface area contributed by atoms with E-state index in [1.54, 1.807) is 0 Å². The van der Waals surface area contributed by atoms with E-state index in [4.69, 9.17) is 5.11 Å². The molecule has 4 rings (SSSR count). The lowest BCUT2D eigenvalue weighted by atomic mass is 9.98. The molecule has 0 spiro atoms. The monoisotopic (exact) mass is 364 g/mol. The molecule has 27 heavy (non-hydrogen) atoms. The standard InChI is InChI=1S/C23H28N2O2/c26-17-19-7-5-18(6-8-19)13-20-9-12-25(14-20)23(27)10-11-24-15-21-3-1-2-4-22(21)16-24/h1-8,20,26H,9-17H2/t20-/m1/s1. The number of benzene rings is 2. The Kier molecular flexibility index (Phi) is 5.55. The Balaban J connectivity index is 1.22. The quantitative estimate of drug-likeness (QED) is 0.857. The van der Waals surface area contributed by atoms with Crippen molar-refractivity contribution < 1.29 is 9.90 Å². The van der Waals surface area contributed by atoms with E-state index in [0.717, 1.165) is 51.1 Å². The maximum absolute atomic E-state index is 12.6. The first-order chi connectivity index (χ1) is 13.2. The fourth-order valence-electron chi connectivity index (χ4n) is 4.31. The van der Waals surface area contributed by atoms with Gasteiger partial charge in [0.2, 0.25) is 5.91 Å². The van der Waals surface area contributed by atoms with Crippen molar-refractivity contribution >= 4 is 5.91 Å². The zero-order valence-electron chi connectivity index (χ0n) is 15.8. The fraction of sp³-hybridized carbons (Fsp3) is 0.435. The van der Waals surface area contributed by atoms with Gasteiger partial charge in [-0.15, -0.1) is 0 Å². The van der Waals surface area contributed by atoms with Gasteiger partial charge in [-0.25, -0.2) is 0 Å². The predicted octanol–water partition coefficient (Wildman–Crippen LogP) is 2.98. The third kappa shape index (κ3) is 4.40. The maximum Gasteiger partial charge on any atom is 0.223 e. The zero-order chi connectivity index (χ0) is 18.6. The normalized spacial score (nSPS) is 19.4. The Labute approximate surface area is 161 Å². The van der Waals surface area contributed by atoms with Crippen LogP contribution in [0, 0.1) is 5.92 Å². The fourth-order valence-corrected chi connectivity index (χ4v) is 4.31. The Hall–Kier alpha value is -2.17. The van der Waals surface area contributed by atoms with Gasteiger partial charge in [-0.2, -0.15) is 0 Å². The molecule has 1 amide bonds. The predicted molar refractivity (Wildman–Crippen MR) is 106 cm³/mol. The van der Waals surface area contributed by atoms with Crippen molar-refractivity contribution in [3.8, 4) is 0 Å². The third-order valence-electron chi connectivity index (χ3n) is 5.92. The summed E-state index contributed by atoms with van der Waals surface area (Å²) < 4.78 is 0. The largest absolute Gasteiger partial charge is 0.392 e. The summed E-state index contributed by atoms with van der Waals surface area (Å²) in [6.45, 7) is 4.64. The number of rotatable bonds is 6. The van der Waals surface area contributed by atoms with E-state index in [9.17, 15) is 4.79 Å². The van der Waals surface area contributed by atoms with Gasteiger partial charge >= 0.3 is 0 Å². The van der Waals surface area contributed by atoms with Crippen LogP contribution in [0.2, 0.25) is 0 Å². The van der Waals surface area contributed by atoms with Gasteiger partial charge in [0.05, 0.1) is 6.61 Å². The van der Waals surface area contributed by atoms with Crippen molar-refractivity contribution in [2.45, 2.75) is 39.0 Å². The molecule has 1 N–H and O–H groups in total. The highest BCUT2D eigenvalue weighted by Crippen LogP contribution is 2.24. The number of amides is 1. The summed E-state index contributed by atoms with van der Waals surface area (Å²) in [6, 6.07) is 16.7. The Morgan fingerprint density at radius 2 is 1.67 bits per heavy atom. The molecule has 1 atom stereocenters. The molecule has 2 aromatic rings. The number of hydrogen-bond donors (Lipinski definition) is 1. The van der Waals surface area contributed by atoms with Crippen LogP contribution >= 0.6 is 0 Å². The van der Waals surface area contributed by atoms with Crippen LogP contribution in [0.15, 0.2) is 48.5 Å². The number of aliphatic hydroxyl groups excluding tert-OH is 1. The maximum atomic E-state index is 12.6. The molecule has 0 aliphatic carbocycles. The molecule has 1 saturated heterocycles. The second-order valence-electron chi connectivity index (χ2n) is 7.90. The molecule has 2 aromatic carbocycles. The molecule has 2 heterocycles. The second-order valence-corrected chi connectivity index (χ2v) is 7.90. The number of fused-ring (bicyclic) bond motifs is 1. The molecule has 0 bridgehead atoms. The van der Waals surface area contributed by atoms with Crippen LogP contribution in [0.1, 0.15) is 35.1 Å². The Morgan fingerprint density at radius 1 is 1.00 bits per heavy atom. The molecule has 0 saturated carbocycles. The summed E-state index contributed by atoms with van der Waals surface area (Å²) in [5, 5.41) is 9.14. The first kappa shape index (κ1) is 18.2. The van der Waals surface area contributed by atoms with Gasteiger partial charge in [0, 0.05) is 39.1 Å². The highest BCUT2D eigenvalue weighted by atomic mass is 16.3. The average molecular weight is 364 g/mol. The topological polar surface area (TPSA) is 43.8 Å². The minimum atomic E-state index is 0.0914. The van der Waals surface area contributed by atoms with Crippen LogP contribution in [-0.2, 0) is 30.9 Å². The lowest BCUT2D eigenvalue weighted by molar-refractivity contribution is -0.130. The van der Waals surface area contributed by atoms with Gasteiger partial charge in [-0.3, -0.25) is 9.69 Å². The second kappa shape index (κ2) is 8.24. The van der Waals surface area contributed by atoms with Gasteiger partial charge in [0.15, 0.2) is 0 Å². The van der Waals surface area contributed by atoms with E-state index in [1.165, 1.54) is 16.7 Å². The summed E-state index contributed by atoms with van der Waals surface area (Å²) in [5.41, 5.74) is 5.05. The van der Waals surface area contributed by atoms with Gasteiger partial charge in [-0.1, -0.05) is 48.5 Å². The summed E-state index contributed by atoms with van der Waals surface area (Å²) in [6.07, 6.45) is 2.71. The summed E-state index contributed by atoms with van der Waals surface area (Å²) >= 11 is 0. The minimum absolute atomic E-state index is 0.0914. The zero-order valence-corrected chi connectivity index (χ0v) is 15.8. The number of hydrogen-bond acceptors (Lipinski definition) is 3. The Morgan fingerprint density at radius 3 is 2.33 bits per heavy atom. The number of carbonyl (C=O) groups excluding carboxylic acids is 1. The summed E-state index contributed by atoms with van der Waals surface area (Å²) in [7, 11) is 0. The molecule has 142 valence electrons. The van der Waals surface area contributed by atoms with Crippen LogP contribution in [0.3, 0.4) is 0 Å². The van der Waals surface area contributed by atoms with Crippen LogP contribution in [0.25, 0.3) is 0 Å². The first-order valence-electron chi connectivity index (χ1n) is 9.97. The van der Waals surface area contributed by atoms with Gasteiger partial charge < -0.3 is 10.0 Å². The van der Waals surface area contributed by atoms with Gasteiger partial charge in [-0.05, 0) is 41.0 Å². The van der Waals surface area contributed by atoms with E-state index in [1.807, 2.05) is 12.1 Å². The van der Waals surface area contributed by atoms with Crippen molar-refractivity contribution in [2.75, 3.05) is 19.6 Å². The van der Waals surface area contributed by atoms with E-state index < -0.39 is 0 Å². The molecule has 4 heteroatoms. The third-order valence-corrected chi connectivity index (χ3v) is 5.92. The first-order valence-corrected chi connectivity index (χ1v) is 9.97. The van der Waals surface area contributed by atoms with Gasteiger partial charge in [0.25, 0.3) is 0 Å². The number of nitrogens with zero attached hydrogens (tertiary/aromatic N) is 2. The van der Waals surface area contributed by atoms with Crippen molar-refractivity contribution in [2.24, 2.45) is 5.92 Å². The lowest BCUT2D eigenvalue weighted by Crippen LogP contribution is -2.32. The van der Waals surface area contributed by atoms with E-state index in [0.29, 0.717) is 18.2 Å². The van der Waals surface area contributed by atoms with Gasteiger partial charge in [0.1, 0.15) is 0 Å². The number of aliphatic hydroxyl groups is 1. The van der Waals surface area contributed by atoms with Crippen LogP contribution < -0.4 is 0 Å². The molecule has 0 unspecified atom stereocenters. The number of likely N-dealkylation sites (tertiary alicyclic amines) is 1. The van der Waals surface area contributed by atoms with E-state index >= 15 is 0 Å². The van der Waals surface area contributed by atoms with Crippen molar-refractivity contribution in [1.29, 1.82) is 0 Å². The average Bonchev–Trinajstić information content (AvgIpc) is 3.33. The van der Waals surface area contributed by atoms with Crippen molar-refractivity contribution in [3.05, 3.63) is 70.8 Å². The SMILES string of the molecule is O=C(CCN1Cc2ccccc2C1)N1CC[C@H](Cc2ccc(CO)cc2)C1. The molecule has 0 aromatic heterocycles. The molecule has 2 aliphatic heterocycles. The molecular weight excluding hydrogens is 336 g/mol. The summed E-state index contributed by atoms with van der Waals surface area (Å²) in [4.78, 5) is 17.1. The van der Waals surface area contributed by atoms with Crippen LogP contribution in [0.4, 0.5) is 0 Å². The van der Waals surface area contributed by atoms with E-state index in [-0.39, 0.29) is 6.61 Å². The highest BCUT2D eigenvalue weighted by molar-refractivity contribution is 5.76. The molecular formula is C23H28N2O2. The minimum Gasteiger partial charge on any atom is -0.392 e. The highest BCUT2D eigenvalue weighted by Gasteiger charge is 2.27. The Bertz CT molecular complexity index is 762. The number of carbonyl (C=O) groups is 1. The van der Waals surface area contributed by atoms with Crippen molar-refractivity contribution in [3.63, 3.8) is 0 Å². The van der Waals surface area contributed by atoms with Crippen LogP contribution in [-0.4, -0.2) is 40.4 Å². The molecule has 2 aliphatic rings. The summed E-state index contributed by atoms with van der Waals surface area (Å²) in [5.74, 6) is 0.842. The van der Waals surface area contributed by atoms with E-state index in [2.05, 4.69) is 46.2 Å². The molecule has 4 nitrogen and oxygen atoms in total. The smallest absolute Gasteiger partial charge is 0.223 e. The van der Waals surface area contributed by atoms with Crippen LogP contribution in [0.5, 0.6) is 0 Å². The lowest BCUT2D eigenvalue weighted by Gasteiger charge is -2.19. The van der Waals surface area contributed by atoms with Crippen molar-refractivity contribution in [1.82, 2.24) is 9.80 Å². The molecule has 1 fully saturated rings. The molecule has 0 radical (unpaired) electrons.